The lowest BCUT2D eigenvalue weighted by atomic mass is 9.91. The molecule has 1 atom stereocenters. The maximum absolute atomic E-state index is 10.2. The molecule has 2 aromatic heterocycles. The Bertz CT molecular complexity index is 392. The van der Waals surface area contributed by atoms with E-state index in [9.17, 15) is 5.11 Å². The van der Waals surface area contributed by atoms with Gasteiger partial charge in [-0.25, -0.2) is 0 Å². The van der Waals surface area contributed by atoms with Crippen molar-refractivity contribution in [1.29, 1.82) is 0 Å². The molecule has 0 saturated heterocycles. The molecule has 0 amide bonds. The molecule has 1 unspecified atom stereocenters. The molecule has 1 N–H and O–H groups in total. The van der Waals surface area contributed by atoms with Gasteiger partial charge in [0.2, 0.25) is 0 Å². The molecular formula is C11H11NO2. The number of hydrogen-bond donors (Lipinski definition) is 1. The molecule has 0 fully saturated rings. The van der Waals surface area contributed by atoms with Crippen LogP contribution >= 0.6 is 0 Å². The molecule has 2 aromatic rings. The lowest BCUT2D eigenvalue weighted by Gasteiger charge is -2.21. The van der Waals surface area contributed by atoms with E-state index in [1.807, 2.05) is 6.07 Å². The molecule has 0 radical (unpaired) electrons. The third-order valence-corrected chi connectivity index (χ3v) is 2.31. The van der Waals surface area contributed by atoms with Gasteiger partial charge in [-0.05, 0) is 19.1 Å². The smallest absolute Gasteiger partial charge is 0.116 e. The zero-order valence-corrected chi connectivity index (χ0v) is 7.84. The number of aromatic nitrogens is 1. The number of rotatable bonds is 2. The molecule has 3 heteroatoms. The van der Waals surface area contributed by atoms with Crippen LogP contribution in [0.1, 0.15) is 18.1 Å². The van der Waals surface area contributed by atoms with Gasteiger partial charge in [-0.1, -0.05) is 6.07 Å². The van der Waals surface area contributed by atoms with Crippen molar-refractivity contribution in [3.05, 3.63) is 54.2 Å². The van der Waals surface area contributed by atoms with Gasteiger partial charge in [0.15, 0.2) is 0 Å². The molecule has 0 aromatic carbocycles. The number of aliphatic hydroxyl groups is 1. The normalized spacial score (nSPS) is 15.0. The summed E-state index contributed by atoms with van der Waals surface area (Å²) in [5.74, 6) is 0. The van der Waals surface area contributed by atoms with E-state index < -0.39 is 5.60 Å². The molecule has 0 aliphatic rings. The van der Waals surface area contributed by atoms with Gasteiger partial charge in [-0.3, -0.25) is 4.98 Å². The molecule has 0 aliphatic heterocycles. The van der Waals surface area contributed by atoms with Gasteiger partial charge in [0, 0.05) is 23.5 Å². The van der Waals surface area contributed by atoms with Gasteiger partial charge in [0.25, 0.3) is 0 Å². The molecule has 3 nitrogen and oxygen atoms in total. The minimum atomic E-state index is -1.04. The maximum Gasteiger partial charge on any atom is 0.116 e. The van der Waals surface area contributed by atoms with Crippen LogP contribution in [0.5, 0.6) is 0 Å². The van der Waals surface area contributed by atoms with Crippen LogP contribution in [0.15, 0.2) is 47.5 Å². The SMILES string of the molecule is CC(O)(c1cccnc1)c1ccoc1. The van der Waals surface area contributed by atoms with Crippen molar-refractivity contribution in [2.45, 2.75) is 12.5 Å². The van der Waals surface area contributed by atoms with Crippen molar-refractivity contribution in [3.63, 3.8) is 0 Å². The van der Waals surface area contributed by atoms with Crippen LogP contribution in [-0.2, 0) is 5.60 Å². The van der Waals surface area contributed by atoms with Crippen molar-refractivity contribution >= 4 is 0 Å². The molecule has 0 saturated carbocycles. The fraction of sp³-hybridized carbons (Fsp3) is 0.182. The van der Waals surface area contributed by atoms with Crippen LogP contribution in [0.2, 0.25) is 0 Å². The van der Waals surface area contributed by atoms with Crippen molar-refractivity contribution in [2.24, 2.45) is 0 Å². The first-order valence-corrected chi connectivity index (χ1v) is 4.37. The second-order valence-corrected chi connectivity index (χ2v) is 3.33. The summed E-state index contributed by atoms with van der Waals surface area (Å²) >= 11 is 0. The van der Waals surface area contributed by atoms with E-state index in [0.717, 1.165) is 11.1 Å². The van der Waals surface area contributed by atoms with Crippen molar-refractivity contribution in [1.82, 2.24) is 4.98 Å². The van der Waals surface area contributed by atoms with E-state index in [1.54, 1.807) is 37.7 Å². The summed E-state index contributed by atoms with van der Waals surface area (Å²) in [5.41, 5.74) is 0.438. The summed E-state index contributed by atoms with van der Waals surface area (Å²) in [4.78, 5) is 3.97. The lowest BCUT2D eigenvalue weighted by molar-refractivity contribution is 0.101. The average Bonchev–Trinajstić information content (AvgIpc) is 2.72. The fourth-order valence-corrected chi connectivity index (χ4v) is 1.36. The summed E-state index contributed by atoms with van der Waals surface area (Å²) in [5, 5.41) is 10.2. The number of pyridine rings is 1. The first-order chi connectivity index (χ1) is 6.71. The highest BCUT2D eigenvalue weighted by Crippen LogP contribution is 2.28. The van der Waals surface area contributed by atoms with Gasteiger partial charge in [-0.15, -0.1) is 0 Å². The maximum atomic E-state index is 10.2. The molecule has 0 aliphatic carbocycles. The summed E-state index contributed by atoms with van der Waals surface area (Å²) in [6.45, 7) is 1.72. The zero-order chi connectivity index (χ0) is 10.0. The van der Waals surface area contributed by atoms with Crippen LogP contribution in [-0.4, -0.2) is 10.1 Å². The summed E-state index contributed by atoms with van der Waals surface area (Å²) < 4.78 is 4.94. The van der Waals surface area contributed by atoms with Gasteiger partial charge < -0.3 is 9.52 Å². The standard InChI is InChI=1S/C11H11NO2/c1-11(13,10-4-6-14-8-10)9-3-2-5-12-7-9/h2-8,13H,1H3. The Hall–Kier alpha value is -1.61. The fourth-order valence-electron chi connectivity index (χ4n) is 1.36. The van der Waals surface area contributed by atoms with Crippen LogP contribution in [0.3, 0.4) is 0 Å². The van der Waals surface area contributed by atoms with E-state index in [-0.39, 0.29) is 0 Å². The van der Waals surface area contributed by atoms with E-state index in [0.29, 0.717) is 0 Å². The minimum absolute atomic E-state index is 0.727. The van der Waals surface area contributed by atoms with Crippen LogP contribution < -0.4 is 0 Å². The second-order valence-electron chi connectivity index (χ2n) is 3.33. The summed E-state index contributed by atoms with van der Waals surface area (Å²) in [6.07, 6.45) is 6.40. The van der Waals surface area contributed by atoms with Crippen LogP contribution in [0.4, 0.5) is 0 Å². The summed E-state index contributed by atoms with van der Waals surface area (Å²) in [7, 11) is 0. The predicted octanol–water partition coefficient (Wildman–Crippen LogP) is 1.93. The molecule has 2 rings (SSSR count). The monoisotopic (exact) mass is 189 g/mol. The Morgan fingerprint density at radius 3 is 2.79 bits per heavy atom. The van der Waals surface area contributed by atoms with E-state index in [2.05, 4.69) is 4.98 Å². The van der Waals surface area contributed by atoms with Gasteiger partial charge in [0.1, 0.15) is 5.60 Å². The highest BCUT2D eigenvalue weighted by Gasteiger charge is 2.26. The van der Waals surface area contributed by atoms with Crippen molar-refractivity contribution in [2.75, 3.05) is 0 Å². The largest absolute Gasteiger partial charge is 0.472 e. The van der Waals surface area contributed by atoms with E-state index in [1.165, 1.54) is 6.26 Å². The third-order valence-electron chi connectivity index (χ3n) is 2.31. The first kappa shape index (κ1) is 8.97. The number of hydrogen-bond acceptors (Lipinski definition) is 3. The highest BCUT2D eigenvalue weighted by atomic mass is 16.3. The predicted molar refractivity (Wildman–Crippen MR) is 51.6 cm³/mol. The van der Waals surface area contributed by atoms with Crippen LogP contribution in [0.25, 0.3) is 0 Å². The molecule has 0 spiro atoms. The lowest BCUT2D eigenvalue weighted by Crippen LogP contribution is -2.21. The van der Waals surface area contributed by atoms with Crippen LogP contribution in [0, 0.1) is 0 Å². The molecular weight excluding hydrogens is 178 g/mol. The quantitative estimate of drug-likeness (QED) is 0.785. The number of nitrogens with zero attached hydrogens (tertiary/aromatic N) is 1. The minimum Gasteiger partial charge on any atom is -0.472 e. The second kappa shape index (κ2) is 3.27. The Labute approximate surface area is 82.0 Å². The highest BCUT2D eigenvalue weighted by molar-refractivity contribution is 5.30. The molecule has 2 heterocycles. The van der Waals surface area contributed by atoms with E-state index in [4.69, 9.17) is 4.42 Å². The molecule has 0 bridgehead atoms. The Kier molecular flexibility index (Phi) is 2.09. The van der Waals surface area contributed by atoms with Gasteiger partial charge in [-0.2, -0.15) is 0 Å². The van der Waals surface area contributed by atoms with Crippen molar-refractivity contribution in [3.8, 4) is 0 Å². The summed E-state index contributed by atoms with van der Waals surface area (Å²) in [6, 6.07) is 5.37. The molecule has 72 valence electrons. The Morgan fingerprint density at radius 1 is 1.36 bits per heavy atom. The van der Waals surface area contributed by atoms with Gasteiger partial charge >= 0.3 is 0 Å². The van der Waals surface area contributed by atoms with Gasteiger partial charge in [0.05, 0.1) is 12.5 Å². The number of furan rings is 1. The average molecular weight is 189 g/mol. The first-order valence-electron chi connectivity index (χ1n) is 4.37. The Balaban J connectivity index is 2.43. The Morgan fingerprint density at radius 2 is 2.21 bits per heavy atom. The van der Waals surface area contributed by atoms with Crippen molar-refractivity contribution < 1.29 is 9.52 Å². The molecule has 14 heavy (non-hydrogen) atoms. The topological polar surface area (TPSA) is 46.3 Å². The zero-order valence-electron chi connectivity index (χ0n) is 7.84. The van der Waals surface area contributed by atoms with E-state index >= 15 is 0 Å². The third kappa shape index (κ3) is 1.42.